The van der Waals surface area contributed by atoms with Gasteiger partial charge in [0.2, 0.25) is 5.13 Å². The van der Waals surface area contributed by atoms with Crippen LogP contribution in [0.25, 0.3) is 10.6 Å². The minimum Gasteiger partial charge on any atom is -0.480 e. The number of hydrogen-bond donors (Lipinski definition) is 1. The molecule has 1 N–H and O–H groups in total. The zero-order valence-corrected chi connectivity index (χ0v) is 14.9. The lowest BCUT2D eigenvalue weighted by molar-refractivity contribution is -0.122. The van der Waals surface area contributed by atoms with Crippen molar-refractivity contribution in [2.75, 3.05) is 5.32 Å². The Hall–Kier alpha value is -2.73. The first-order chi connectivity index (χ1) is 12.2. The molecule has 0 aliphatic carbocycles. The fraction of sp³-hybridized carbons (Fsp3) is 0.211. The van der Waals surface area contributed by atoms with Crippen LogP contribution in [0.2, 0.25) is 0 Å². The van der Waals surface area contributed by atoms with E-state index in [2.05, 4.69) is 15.5 Å². The number of anilines is 1. The van der Waals surface area contributed by atoms with Crippen LogP contribution < -0.4 is 10.1 Å². The number of para-hydroxylation sites is 1. The van der Waals surface area contributed by atoms with Crippen LogP contribution in [0.4, 0.5) is 5.13 Å². The Bertz CT molecular complexity index is 849. The molecule has 6 heteroatoms. The molecule has 0 spiro atoms. The molecule has 2 aromatic carbocycles. The molecule has 128 valence electrons. The van der Waals surface area contributed by atoms with Gasteiger partial charge in [0.25, 0.3) is 5.91 Å². The van der Waals surface area contributed by atoms with Gasteiger partial charge in [-0.1, -0.05) is 66.8 Å². The number of ether oxygens (including phenoxy) is 1. The predicted molar refractivity (Wildman–Crippen MR) is 99.9 cm³/mol. The highest BCUT2D eigenvalue weighted by molar-refractivity contribution is 7.18. The number of nitrogens with one attached hydrogen (secondary N) is 1. The van der Waals surface area contributed by atoms with Crippen molar-refractivity contribution < 1.29 is 9.53 Å². The van der Waals surface area contributed by atoms with Gasteiger partial charge in [0.05, 0.1) is 0 Å². The molecule has 1 aromatic heterocycles. The summed E-state index contributed by atoms with van der Waals surface area (Å²) in [6.45, 7) is 3.87. The van der Waals surface area contributed by atoms with Crippen molar-refractivity contribution in [1.82, 2.24) is 10.2 Å². The third-order valence-electron chi connectivity index (χ3n) is 3.70. The van der Waals surface area contributed by atoms with Crippen molar-refractivity contribution in [3.8, 4) is 16.3 Å². The van der Waals surface area contributed by atoms with Crippen LogP contribution in [0.1, 0.15) is 18.9 Å². The van der Waals surface area contributed by atoms with Crippen molar-refractivity contribution >= 4 is 22.4 Å². The molecule has 25 heavy (non-hydrogen) atoms. The van der Waals surface area contributed by atoms with E-state index in [1.54, 1.807) is 0 Å². The third-order valence-corrected chi connectivity index (χ3v) is 4.59. The van der Waals surface area contributed by atoms with E-state index < -0.39 is 6.10 Å². The van der Waals surface area contributed by atoms with Gasteiger partial charge in [-0.15, -0.1) is 10.2 Å². The first-order valence-corrected chi connectivity index (χ1v) is 8.91. The van der Waals surface area contributed by atoms with Crippen LogP contribution in [-0.2, 0) is 4.79 Å². The van der Waals surface area contributed by atoms with Crippen LogP contribution in [-0.4, -0.2) is 22.2 Å². The van der Waals surface area contributed by atoms with E-state index in [0.29, 0.717) is 17.3 Å². The second-order valence-electron chi connectivity index (χ2n) is 5.55. The topological polar surface area (TPSA) is 64.1 Å². The summed E-state index contributed by atoms with van der Waals surface area (Å²) >= 11 is 1.34. The molecular formula is C19H19N3O2S. The number of amides is 1. The van der Waals surface area contributed by atoms with E-state index >= 15 is 0 Å². The van der Waals surface area contributed by atoms with E-state index in [0.717, 1.165) is 16.1 Å². The number of aromatic nitrogens is 2. The summed E-state index contributed by atoms with van der Waals surface area (Å²) in [7, 11) is 0. The van der Waals surface area contributed by atoms with E-state index in [-0.39, 0.29) is 5.91 Å². The van der Waals surface area contributed by atoms with E-state index in [4.69, 9.17) is 4.74 Å². The SMILES string of the molecule is CCC(Oc1ccccc1C)C(=O)Nc1nnc(-c2ccccc2)s1. The zero-order chi connectivity index (χ0) is 17.6. The maximum atomic E-state index is 12.5. The average molecular weight is 353 g/mol. The van der Waals surface area contributed by atoms with Crippen molar-refractivity contribution in [2.45, 2.75) is 26.4 Å². The normalized spacial score (nSPS) is 11.8. The van der Waals surface area contributed by atoms with Crippen LogP contribution in [0.3, 0.4) is 0 Å². The van der Waals surface area contributed by atoms with Crippen molar-refractivity contribution in [3.05, 3.63) is 60.2 Å². The Morgan fingerprint density at radius 3 is 2.56 bits per heavy atom. The second kappa shape index (κ2) is 7.90. The highest BCUT2D eigenvalue weighted by Gasteiger charge is 2.21. The molecule has 0 fully saturated rings. The highest BCUT2D eigenvalue weighted by atomic mass is 32.1. The number of carbonyl (C=O) groups is 1. The smallest absolute Gasteiger partial charge is 0.267 e. The number of benzene rings is 2. The monoisotopic (exact) mass is 353 g/mol. The van der Waals surface area contributed by atoms with Gasteiger partial charge in [-0.2, -0.15) is 0 Å². The first-order valence-electron chi connectivity index (χ1n) is 8.09. The molecule has 0 saturated heterocycles. The maximum absolute atomic E-state index is 12.5. The second-order valence-corrected chi connectivity index (χ2v) is 6.53. The summed E-state index contributed by atoms with van der Waals surface area (Å²) in [6, 6.07) is 17.4. The molecule has 1 heterocycles. The van der Waals surface area contributed by atoms with Gasteiger partial charge in [-0.05, 0) is 25.0 Å². The average Bonchev–Trinajstić information content (AvgIpc) is 3.10. The zero-order valence-electron chi connectivity index (χ0n) is 14.1. The van der Waals surface area contributed by atoms with E-state index in [1.165, 1.54) is 11.3 Å². The molecule has 1 unspecified atom stereocenters. The number of nitrogens with zero attached hydrogens (tertiary/aromatic N) is 2. The molecule has 1 atom stereocenters. The summed E-state index contributed by atoms with van der Waals surface area (Å²) in [6.07, 6.45) is -0.0185. The summed E-state index contributed by atoms with van der Waals surface area (Å²) in [4.78, 5) is 12.5. The van der Waals surface area contributed by atoms with Crippen molar-refractivity contribution in [3.63, 3.8) is 0 Å². The molecule has 5 nitrogen and oxygen atoms in total. The lowest BCUT2D eigenvalue weighted by Crippen LogP contribution is -2.32. The van der Waals surface area contributed by atoms with Gasteiger partial charge in [0.1, 0.15) is 10.8 Å². The van der Waals surface area contributed by atoms with Crippen LogP contribution in [0.5, 0.6) is 5.75 Å². The van der Waals surface area contributed by atoms with Gasteiger partial charge < -0.3 is 4.74 Å². The number of rotatable bonds is 6. The molecule has 0 radical (unpaired) electrons. The molecule has 1 amide bonds. The maximum Gasteiger partial charge on any atom is 0.267 e. The summed E-state index contributed by atoms with van der Waals surface area (Å²) in [5.74, 6) is 0.494. The molecular weight excluding hydrogens is 334 g/mol. The number of hydrogen-bond acceptors (Lipinski definition) is 5. The minimum atomic E-state index is -0.579. The highest BCUT2D eigenvalue weighted by Crippen LogP contribution is 2.26. The van der Waals surface area contributed by atoms with Crippen LogP contribution in [0.15, 0.2) is 54.6 Å². The number of aryl methyl sites for hydroxylation is 1. The van der Waals surface area contributed by atoms with Gasteiger partial charge in [-0.3, -0.25) is 10.1 Å². The Kier molecular flexibility index (Phi) is 5.40. The third kappa shape index (κ3) is 4.22. The molecule has 0 aliphatic heterocycles. The minimum absolute atomic E-state index is 0.221. The van der Waals surface area contributed by atoms with Crippen LogP contribution in [0, 0.1) is 6.92 Å². The summed E-state index contributed by atoms with van der Waals surface area (Å²) < 4.78 is 5.86. The van der Waals surface area contributed by atoms with Crippen molar-refractivity contribution in [2.24, 2.45) is 0 Å². The lowest BCUT2D eigenvalue weighted by atomic mass is 10.2. The lowest BCUT2D eigenvalue weighted by Gasteiger charge is -2.17. The summed E-state index contributed by atoms with van der Waals surface area (Å²) in [5, 5.41) is 12.2. The van der Waals surface area contributed by atoms with E-state index in [9.17, 15) is 4.79 Å². The van der Waals surface area contributed by atoms with E-state index in [1.807, 2.05) is 68.4 Å². The number of carbonyl (C=O) groups excluding carboxylic acids is 1. The fourth-order valence-electron chi connectivity index (χ4n) is 2.32. The Morgan fingerprint density at radius 2 is 1.84 bits per heavy atom. The molecule has 3 aromatic rings. The molecule has 0 bridgehead atoms. The Morgan fingerprint density at radius 1 is 1.12 bits per heavy atom. The predicted octanol–water partition coefficient (Wildman–Crippen LogP) is 4.31. The van der Waals surface area contributed by atoms with Gasteiger partial charge >= 0.3 is 0 Å². The largest absolute Gasteiger partial charge is 0.480 e. The van der Waals surface area contributed by atoms with Gasteiger partial charge in [-0.25, -0.2) is 0 Å². The molecule has 3 rings (SSSR count). The van der Waals surface area contributed by atoms with Crippen molar-refractivity contribution in [1.29, 1.82) is 0 Å². The quantitative estimate of drug-likeness (QED) is 0.717. The van der Waals surface area contributed by atoms with Gasteiger partial charge in [0.15, 0.2) is 6.10 Å². The van der Waals surface area contributed by atoms with Crippen LogP contribution >= 0.6 is 11.3 Å². The fourth-order valence-corrected chi connectivity index (χ4v) is 3.07. The Balaban J connectivity index is 1.68. The first kappa shape index (κ1) is 17.1. The molecule has 0 aliphatic rings. The standard InChI is InChI=1S/C19H19N3O2S/c1-3-15(24-16-12-8-7-9-13(16)2)17(23)20-19-22-21-18(25-19)14-10-5-4-6-11-14/h4-12,15H,3H2,1-2H3,(H,20,22,23). The summed E-state index contributed by atoms with van der Waals surface area (Å²) in [5.41, 5.74) is 1.97. The van der Waals surface area contributed by atoms with Gasteiger partial charge in [0, 0.05) is 5.56 Å². The molecule has 0 saturated carbocycles. The Labute approximate surface area is 150 Å².